The minimum atomic E-state index is -2.71. The molecule has 1 aromatic carbocycles. The van der Waals surface area contributed by atoms with Gasteiger partial charge >= 0.3 is 11.6 Å². The molecule has 0 unspecified atom stereocenters. The monoisotopic (exact) mass is 207 g/mol. The number of nitrogens with zero attached hydrogens (tertiary/aromatic N) is 1. The van der Waals surface area contributed by atoms with E-state index in [-0.39, 0.29) is 12.2 Å². The van der Waals surface area contributed by atoms with Crippen LogP contribution >= 0.6 is 0 Å². The molecule has 1 atom stereocenters. The quantitative estimate of drug-likeness (QED) is 0.711. The van der Waals surface area contributed by atoms with Gasteiger partial charge in [0.25, 0.3) is 0 Å². The van der Waals surface area contributed by atoms with Crippen LogP contribution in [0.1, 0.15) is 12.5 Å². The number of alkyl halides is 1. The SMILES string of the molecule is CCOC(=O)[C@@](F)(C#N)c1ccccc1. The second-order valence-electron chi connectivity index (χ2n) is 2.86. The van der Waals surface area contributed by atoms with Crippen molar-refractivity contribution in [2.45, 2.75) is 12.6 Å². The Bertz CT molecular complexity index is 385. The highest BCUT2D eigenvalue weighted by atomic mass is 19.1. The van der Waals surface area contributed by atoms with Crippen LogP contribution in [0.3, 0.4) is 0 Å². The lowest BCUT2D eigenvalue weighted by Crippen LogP contribution is -2.31. The Labute approximate surface area is 87.1 Å². The van der Waals surface area contributed by atoms with Crippen molar-refractivity contribution in [1.29, 1.82) is 5.26 Å². The van der Waals surface area contributed by atoms with E-state index < -0.39 is 11.6 Å². The van der Waals surface area contributed by atoms with Crippen molar-refractivity contribution < 1.29 is 13.9 Å². The van der Waals surface area contributed by atoms with E-state index in [9.17, 15) is 9.18 Å². The first-order valence-corrected chi connectivity index (χ1v) is 4.48. The molecule has 0 N–H and O–H groups in total. The molecule has 0 saturated heterocycles. The Kier molecular flexibility index (Phi) is 3.40. The van der Waals surface area contributed by atoms with Gasteiger partial charge in [0, 0.05) is 5.56 Å². The Hall–Kier alpha value is -1.89. The van der Waals surface area contributed by atoms with Crippen LogP contribution in [0.15, 0.2) is 30.3 Å². The zero-order chi connectivity index (χ0) is 11.3. The zero-order valence-corrected chi connectivity index (χ0v) is 8.24. The number of benzene rings is 1. The maximum Gasteiger partial charge on any atom is 0.363 e. The summed E-state index contributed by atoms with van der Waals surface area (Å²) in [6.07, 6.45) is 0. The van der Waals surface area contributed by atoms with E-state index in [1.165, 1.54) is 18.2 Å². The molecule has 0 heterocycles. The van der Waals surface area contributed by atoms with Crippen LogP contribution in [-0.2, 0) is 15.2 Å². The molecule has 15 heavy (non-hydrogen) atoms. The Balaban J connectivity index is 3.07. The van der Waals surface area contributed by atoms with Gasteiger partial charge in [-0.25, -0.2) is 9.18 Å². The van der Waals surface area contributed by atoms with E-state index in [0.717, 1.165) is 0 Å². The summed E-state index contributed by atoms with van der Waals surface area (Å²) in [6, 6.07) is 8.87. The van der Waals surface area contributed by atoms with Crippen LogP contribution in [0.4, 0.5) is 4.39 Å². The average Bonchev–Trinajstić information content (AvgIpc) is 2.29. The average molecular weight is 207 g/mol. The van der Waals surface area contributed by atoms with Crippen LogP contribution in [-0.4, -0.2) is 12.6 Å². The van der Waals surface area contributed by atoms with Gasteiger partial charge in [-0.1, -0.05) is 30.3 Å². The largest absolute Gasteiger partial charge is 0.463 e. The van der Waals surface area contributed by atoms with Gasteiger partial charge < -0.3 is 4.74 Å². The summed E-state index contributed by atoms with van der Waals surface area (Å²) < 4.78 is 18.5. The molecule has 3 nitrogen and oxygen atoms in total. The van der Waals surface area contributed by atoms with Crippen molar-refractivity contribution in [3.63, 3.8) is 0 Å². The lowest BCUT2D eigenvalue weighted by molar-refractivity contribution is -0.154. The summed E-state index contributed by atoms with van der Waals surface area (Å²) in [4.78, 5) is 11.3. The molecular weight excluding hydrogens is 197 g/mol. The van der Waals surface area contributed by atoms with Gasteiger partial charge in [-0.2, -0.15) is 5.26 Å². The molecule has 0 aromatic heterocycles. The molecular formula is C11H10FNO2. The van der Waals surface area contributed by atoms with Crippen LogP contribution in [0.5, 0.6) is 0 Å². The molecule has 1 rings (SSSR count). The number of ether oxygens (including phenoxy) is 1. The van der Waals surface area contributed by atoms with E-state index in [4.69, 9.17) is 5.26 Å². The maximum atomic E-state index is 14.0. The van der Waals surface area contributed by atoms with Gasteiger partial charge in [-0.15, -0.1) is 0 Å². The number of rotatable bonds is 3. The van der Waals surface area contributed by atoms with Crippen LogP contribution in [0, 0.1) is 11.3 Å². The van der Waals surface area contributed by atoms with Crippen molar-refractivity contribution in [3.05, 3.63) is 35.9 Å². The highest BCUT2D eigenvalue weighted by molar-refractivity contribution is 5.84. The molecule has 0 saturated carbocycles. The molecule has 0 spiro atoms. The zero-order valence-electron chi connectivity index (χ0n) is 8.24. The molecule has 1 aromatic rings. The van der Waals surface area contributed by atoms with E-state index >= 15 is 0 Å². The summed E-state index contributed by atoms with van der Waals surface area (Å²) in [5.41, 5.74) is -2.72. The standard InChI is InChI=1S/C11H10FNO2/c1-2-15-10(14)11(12,8-13)9-6-4-3-5-7-9/h3-7H,2H2,1H3/t11-/m1/s1. The number of hydrogen-bond donors (Lipinski definition) is 0. The molecule has 0 amide bonds. The Morgan fingerprint density at radius 1 is 1.53 bits per heavy atom. The van der Waals surface area contributed by atoms with Crippen molar-refractivity contribution in [3.8, 4) is 6.07 Å². The van der Waals surface area contributed by atoms with E-state index in [2.05, 4.69) is 4.74 Å². The summed E-state index contributed by atoms with van der Waals surface area (Å²) in [5, 5.41) is 8.71. The predicted molar refractivity (Wildman–Crippen MR) is 51.5 cm³/mol. The predicted octanol–water partition coefficient (Wildman–Crippen LogP) is 1.94. The number of halogens is 1. The van der Waals surface area contributed by atoms with Crippen molar-refractivity contribution in [1.82, 2.24) is 0 Å². The minimum absolute atomic E-state index is 0.00838. The summed E-state index contributed by atoms with van der Waals surface area (Å²) in [7, 11) is 0. The molecule has 0 fully saturated rings. The molecule has 0 aliphatic rings. The number of nitriles is 1. The van der Waals surface area contributed by atoms with Crippen molar-refractivity contribution in [2.24, 2.45) is 0 Å². The fraction of sp³-hybridized carbons (Fsp3) is 0.273. The van der Waals surface area contributed by atoms with Crippen molar-refractivity contribution >= 4 is 5.97 Å². The van der Waals surface area contributed by atoms with E-state index in [1.54, 1.807) is 25.1 Å². The van der Waals surface area contributed by atoms with Gasteiger partial charge in [0.2, 0.25) is 0 Å². The van der Waals surface area contributed by atoms with Gasteiger partial charge in [0.1, 0.15) is 6.07 Å². The summed E-state index contributed by atoms with van der Waals surface area (Å²) in [6.45, 7) is 1.60. The fourth-order valence-electron chi connectivity index (χ4n) is 1.13. The number of hydrogen-bond acceptors (Lipinski definition) is 3. The van der Waals surface area contributed by atoms with Crippen LogP contribution in [0.25, 0.3) is 0 Å². The lowest BCUT2D eigenvalue weighted by atomic mass is 9.98. The third-order valence-electron chi connectivity index (χ3n) is 1.88. The molecule has 78 valence electrons. The van der Waals surface area contributed by atoms with Crippen LogP contribution < -0.4 is 0 Å². The molecule has 4 heteroatoms. The second-order valence-corrected chi connectivity index (χ2v) is 2.86. The number of esters is 1. The lowest BCUT2D eigenvalue weighted by Gasteiger charge is -2.15. The minimum Gasteiger partial charge on any atom is -0.463 e. The normalized spacial score (nSPS) is 13.7. The highest BCUT2D eigenvalue weighted by Crippen LogP contribution is 2.26. The number of carbonyl (C=O) groups is 1. The molecule has 0 bridgehead atoms. The second kappa shape index (κ2) is 4.56. The third-order valence-corrected chi connectivity index (χ3v) is 1.88. The fourth-order valence-corrected chi connectivity index (χ4v) is 1.13. The van der Waals surface area contributed by atoms with Gasteiger partial charge in [0.15, 0.2) is 0 Å². The summed E-state index contributed by atoms with van der Waals surface area (Å²) >= 11 is 0. The highest BCUT2D eigenvalue weighted by Gasteiger charge is 2.42. The smallest absolute Gasteiger partial charge is 0.363 e. The Morgan fingerprint density at radius 3 is 2.60 bits per heavy atom. The molecule has 0 aliphatic carbocycles. The topological polar surface area (TPSA) is 50.1 Å². The first kappa shape index (κ1) is 11.2. The van der Waals surface area contributed by atoms with E-state index in [1.807, 2.05) is 0 Å². The van der Waals surface area contributed by atoms with E-state index in [0.29, 0.717) is 0 Å². The maximum absolute atomic E-state index is 14.0. The van der Waals surface area contributed by atoms with Gasteiger partial charge in [0.05, 0.1) is 6.61 Å². The molecule has 0 aliphatic heterocycles. The van der Waals surface area contributed by atoms with Gasteiger partial charge in [-0.05, 0) is 6.92 Å². The summed E-state index contributed by atoms with van der Waals surface area (Å²) in [5.74, 6) is -1.17. The Morgan fingerprint density at radius 2 is 2.13 bits per heavy atom. The first-order chi connectivity index (χ1) is 7.15. The van der Waals surface area contributed by atoms with Crippen molar-refractivity contribution in [2.75, 3.05) is 6.61 Å². The molecule has 0 radical (unpaired) electrons. The number of carbonyl (C=O) groups excluding carboxylic acids is 1. The third kappa shape index (κ3) is 2.13. The van der Waals surface area contributed by atoms with Gasteiger partial charge in [-0.3, -0.25) is 0 Å². The van der Waals surface area contributed by atoms with Crippen LogP contribution in [0.2, 0.25) is 0 Å². The first-order valence-electron chi connectivity index (χ1n) is 4.48.